The van der Waals surface area contributed by atoms with Crippen molar-refractivity contribution >= 4 is 12.3 Å². The first kappa shape index (κ1) is 30.5. The zero-order valence-corrected chi connectivity index (χ0v) is 20.8. The first-order chi connectivity index (χ1) is 15.7. The standard InChI is InChI=1S/C26H50O6/c1-2-3-4-5-6-7-8-9-10-11-12-13-14-15-16-17-18-19-20-21-22-23-24-30-26(29)32-31-25(27)28/h2-24H2,1H3,(H,27,28). The first-order valence-electron chi connectivity index (χ1n) is 13.4. The van der Waals surface area contributed by atoms with E-state index >= 15 is 0 Å². The molecule has 0 spiro atoms. The molecule has 0 unspecified atom stereocenters. The van der Waals surface area contributed by atoms with Gasteiger partial charge in [0.05, 0.1) is 6.61 Å². The molecule has 0 aromatic heterocycles. The fraction of sp³-hybridized carbons (Fsp3) is 0.923. The number of hydrogen-bond donors (Lipinski definition) is 1. The third-order valence-electron chi connectivity index (χ3n) is 5.90. The van der Waals surface area contributed by atoms with Crippen molar-refractivity contribution < 1.29 is 29.2 Å². The van der Waals surface area contributed by atoms with E-state index in [0.29, 0.717) is 0 Å². The van der Waals surface area contributed by atoms with Crippen molar-refractivity contribution in [1.29, 1.82) is 0 Å². The fourth-order valence-electron chi connectivity index (χ4n) is 3.96. The summed E-state index contributed by atoms with van der Waals surface area (Å²) in [6, 6.07) is 0. The highest BCUT2D eigenvalue weighted by atomic mass is 17.3. The molecule has 0 aromatic carbocycles. The smallest absolute Gasteiger partial charge is 0.447 e. The molecule has 6 heteroatoms. The van der Waals surface area contributed by atoms with Crippen molar-refractivity contribution in [2.45, 2.75) is 148 Å². The molecule has 0 aliphatic rings. The van der Waals surface area contributed by atoms with Crippen molar-refractivity contribution in [3.63, 3.8) is 0 Å². The van der Waals surface area contributed by atoms with Crippen LogP contribution in [0.25, 0.3) is 0 Å². The number of carboxylic acid groups (broad SMARTS) is 1. The Bertz CT molecular complexity index is 413. The Kier molecular flexibility index (Phi) is 24.6. The summed E-state index contributed by atoms with van der Waals surface area (Å²) < 4.78 is 4.69. The van der Waals surface area contributed by atoms with E-state index in [1.807, 2.05) is 0 Å². The number of carbonyl (C=O) groups excluding carboxylic acids is 1. The number of hydrogen-bond acceptors (Lipinski definition) is 5. The van der Waals surface area contributed by atoms with Crippen LogP contribution in [0.5, 0.6) is 0 Å². The molecule has 0 heterocycles. The lowest BCUT2D eigenvalue weighted by atomic mass is 10.0. The minimum absolute atomic E-state index is 0.223. The third kappa shape index (κ3) is 26.6. The number of carbonyl (C=O) groups is 2. The molecule has 0 bridgehead atoms. The molecule has 0 saturated heterocycles. The van der Waals surface area contributed by atoms with Gasteiger partial charge in [-0.05, 0) is 6.42 Å². The van der Waals surface area contributed by atoms with E-state index in [1.54, 1.807) is 0 Å². The van der Waals surface area contributed by atoms with Crippen molar-refractivity contribution in [2.75, 3.05) is 6.61 Å². The molecule has 0 aliphatic carbocycles. The summed E-state index contributed by atoms with van der Waals surface area (Å²) in [6.07, 6.45) is 26.5. The molecule has 1 N–H and O–H groups in total. The van der Waals surface area contributed by atoms with Gasteiger partial charge in [0.1, 0.15) is 0 Å². The molecule has 6 nitrogen and oxygen atoms in total. The van der Waals surface area contributed by atoms with Gasteiger partial charge in [0.25, 0.3) is 0 Å². The Labute approximate surface area is 196 Å². The molecule has 0 radical (unpaired) electrons. The minimum atomic E-state index is -1.67. The van der Waals surface area contributed by atoms with E-state index in [-0.39, 0.29) is 6.61 Å². The molecule has 0 aromatic rings. The van der Waals surface area contributed by atoms with Crippen molar-refractivity contribution in [1.82, 2.24) is 0 Å². The lowest BCUT2D eigenvalue weighted by molar-refractivity contribution is -0.213. The summed E-state index contributed by atoms with van der Waals surface area (Å²) in [5.74, 6) is 0. The van der Waals surface area contributed by atoms with Crippen LogP contribution in [-0.2, 0) is 14.5 Å². The zero-order chi connectivity index (χ0) is 23.5. The number of unbranched alkanes of at least 4 members (excludes halogenated alkanes) is 21. The molecule has 32 heavy (non-hydrogen) atoms. The van der Waals surface area contributed by atoms with Gasteiger partial charge in [-0.25, -0.2) is 9.68 Å². The average molecular weight is 459 g/mol. The van der Waals surface area contributed by atoms with Gasteiger partial charge < -0.3 is 9.84 Å². The summed E-state index contributed by atoms with van der Waals surface area (Å²) in [6.45, 7) is 2.50. The Morgan fingerprint density at radius 2 is 0.812 bits per heavy atom. The number of ether oxygens (including phenoxy) is 1. The van der Waals surface area contributed by atoms with E-state index in [1.165, 1.54) is 122 Å². The molecule has 0 amide bonds. The molecule has 0 fully saturated rings. The van der Waals surface area contributed by atoms with Crippen LogP contribution in [0.1, 0.15) is 148 Å². The van der Waals surface area contributed by atoms with Crippen LogP contribution < -0.4 is 0 Å². The molecule has 190 valence electrons. The quantitative estimate of drug-likeness (QED) is 0.0710. The maximum atomic E-state index is 10.9. The van der Waals surface area contributed by atoms with Crippen LogP contribution in [0.15, 0.2) is 0 Å². The Hall–Kier alpha value is -1.46. The zero-order valence-electron chi connectivity index (χ0n) is 20.8. The highest BCUT2D eigenvalue weighted by molar-refractivity contribution is 5.62. The lowest BCUT2D eigenvalue weighted by Gasteiger charge is -2.04. The van der Waals surface area contributed by atoms with Gasteiger partial charge in [-0.2, -0.15) is 9.68 Å². The molecule has 0 rings (SSSR count). The van der Waals surface area contributed by atoms with Crippen LogP contribution in [0.3, 0.4) is 0 Å². The average Bonchev–Trinajstić information content (AvgIpc) is 2.78. The second-order valence-corrected chi connectivity index (χ2v) is 8.96. The lowest BCUT2D eigenvalue weighted by Crippen LogP contribution is -2.11. The monoisotopic (exact) mass is 458 g/mol. The molecule has 0 aliphatic heterocycles. The Morgan fingerprint density at radius 3 is 1.12 bits per heavy atom. The van der Waals surface area contributed by atoms with Crippen LogP contribution >= 0.6 is 0 Å². The van der Waals surface area contributed by atoms with E-state index in [0.717, 1.165) is 19.3 Å². The van der Waals surface area contributed by atoms with E-state index in [4.69, 9.17) is 5.11 Å². The summed E-state index contributed by atoms with van der Waals surface area (Å²) in [5, 5.41) is 8.16. The predicted octanol–water partition coefficient (Wildman–Crippen LogP) is 9.35. The Balaban J connectivity index is 3.08. The Morgan fingerprint density at radius 1 is 0.500 bits per heavy atom. The molecule has 0 atom stereocenters. The van der Waals surface area contributed by atoms with E-state index < -0.39 is 12.3 Å². The largest absolute Gasteiger partial charge is 0.549 e. The highest BCUT2D eigenvalue weighted by Crippen LogP contribution is 2.15. The molecular formula is C26H50O6. The second-order valence-electron chi connectivity index (χ2n) is 8.96. The van der Waals surface area contributed by atoms with Crippen LogP contribution in [0, 0.1) is 0 Å². The third-order valence-corrected chi connectivity index (χ3v) is 5.90. The maximum Gasteiger partial charge on any atom is 0.549 e. The summed E-state index contributed by atoms with van der Waals surface area (Å²) in [4.78, 5) is 28.5. The van der Waals surface area contributed by atoms with Crippen molar-refractivity contribution in [3.8, 4) is 0 Å². The molecule has 0 saturated carbocycles. The first-order valence-corrected chi connectivity index (χ1v) is 13.4. The van der Waals surface area contributed by atoms with Crippen molar-refractivity contribution in [2.24, 2.45) is 0 Å². The van der Waals surface area contributed by atoms with E-state index in [2.05, 4.69) is 21.4 Å². The van der Waals surface area contributed by atoms with E-state index in [9.17, 15) is 9.59 Å². The van der Waals surface area contributed by atoms with Gasteiger partial charge in [-0.15, -0.1) is 0 Å². The van der Waals surface area contributed by atoms with Gasteiger partial charge in [0.2, 0.25) is 0 Å². The second kappa shape index (κ2) is 25.8. The van der Waals surface area contributed by atoms with Crippen LogP contribution in [0.4, 0.5) is 9.59 Å². The summed E-state index contributed by atoms with van der Waals surface area (Å²) in [7, 11) is 0. The minimum Gasteiger partial charge on any atom is -0.447 e. The van der Waals surface area contributed by atoms with Crippen LogP contribution in [-0.4, -0.2) is 24.0 Å². The highest BCUT2D eigenvalue weighted by Gasteiger charge is 2.08. The summed E-state index contributed by atoms with van der Waals surface area (Å²) >= 11 is 0. The SMILES string of the molecule is CCCCCCCCCCCCCCCCCCCCCCCCOC(=O)OOC(=O)O. The van der Waals surface area contributed by atoms with Gasteiger partial charge in [0.15, 0.2) is 0 Å². The van der Waals surface area contributed by atoms with Gasteiger partial charge >= 0.3 is 12.3 Å². The van der Waals surface area contributed by atoms with Gasteiger partial charge in [0, 0.05) is 0 Å². The summed E-state index contributed by atoms with van der Waals surface area (Å²) in [5.41, 5.74) is 0. The maximum absolute atomic E-state index is 10.9. The van der Waals surface area contributed by atoms with Gasteiger partial charge in [-0.3, -0.25) is 0 Å². The van der Waals surface area contributed by atoms with Crippen molar-refractivity contribution in [3.05, 3.63) is 0 Å². The van der Waals surface area contributed by atoms with Crippen LogP contribution in [0.2, 0.25) is 0 Å². The molecular weight excluding hydrogens is 408 g/mol. The topological polar surface area (TPSA) is 82.1 Å². The number of rotatable bonds is 23. The normalized spacial score (nSPS) is 10.8. The van der Waals surface area contributed by atoms with Gasteiger partial charge in [-0.1, -0.05) is 142 Å². The predicted molar refractivity (Wildman–Crippen MR) is 129 cm³/mol. The fourth-order valence-corrected chi connectivity index (χ4v) is 3.96.